The largest absolute Gasteiger partial charge is 0.398 e. The molecular weight excluding hydrogens is 461 g/mol. The van der Waals surface area contributed by atoms with E-state index in [9.17, 15) is 0 Å². The number of rotatable bonds is 4. The lowest BCUT2D eigenvalue weighted by Crippen LogP contribution is -2.47. The van der Waals surface area contributed by atoms with Crippen LogP contribution in [0.3, 0.4) is 0 Å². The average molecular weight is 489 g/mol. The maximum atomic E-state index is 6.56. The van der Waals surface area contributed by atoms with E-state index in [4.69, 9.17) is 40.5 Å². The molecule has 0 spiro atoms. The van der Waals surface area contributed by atoms with Crippen LogP contribution in [0.25, 0.3) is 5.70 Å². The summed E-state index contributed by atoms with van der Waals surface area (Å²) in [5, 5.41) is 1.98. The minimum Gasteiger partial charge on any atom is -0.398 e. The maximum absolute atomic E-state index is 6.56. The lowest BCUT2D eigenvalue weighted by atomic mass is 9.99. The van der Waals surface area contributed by atoms with Crippen molar-refractivity contribution in [3.63, 3.8) is 0 Å². The van der Waals surface area contributed by atoms with Crippen molar-refractivity contribution in [2.24, 2.45) is 0 Å². The highest BCUT2D eigenvalue weighted by Gasteiger charge is 2.30. The second kappa shape index (κ2) is 11.0. The molecule has 1 unspecified atom stereocenters. The number of hydrogen-bond donors (Lipinski definition) is 1. The van der Waals surface area contributed by atoms with E-state index >= 15 is 0 Å². The van der Waals surface area contributed by atoms with Crippen LogP contribution < -0.4 is 10.6 Å². The number of anilines is 2. The minimum absolute atomic E-state index is 0.0661. The van der Waals surface area contributed by atoms with Crippen molar-refractivity contribution in [3.8, 4) is 0 Å². The molecule has 0 radical (unpaired) electrons. The lowest BCUT2D eigenvalue weighted by Gasteiger charge is -2.45. The Morgan fingerprint density at radius 3 is 2.22 bits per heavy atom. The van der Waals surface area contributed by atoms with Gasteiger partial charge in [-0.05, 0) is 42.0 Å². The normalized spacial score (nSPS) is 15.7. The molecule has 1 atom stereocenters. The summed E-state index contributed by atoms with van der Waals surface area (Å²) in [7, 11) is 0. The van der Waals surface area contributed by atoms with Gasteiger partial charge in [-0.2, -0.15) is 0 Å². The molecule has 0 amide bonds. The van der Waals surface area contributed by atoms with E-state index in [2.05, 4.69) is 28.5 Å². The smallest absolute Gasteiger partial charge is 0.0718 e. The van der Waals surface area contributed by atoms with E-state index in [1.165, 1.54) is 0 Å². The highest BCUT2D eigenvalue weighted by Crippen LogP contribution is 2.38. The first-order valence-electron chi connectivity index (χ1n) is 10.7. The van der Waals surface area contributed by atoms with Gasteiger partial charge in [-0.25, -0.2) is 0 Å². The summed E-state index contributed by atoms with van der Waals surface area (Å²) in [6.45, 7) is 10.7. The quantitative estimate of drug-likeness (QED) is 0.380. The van der Waals surface area contributed by atoms with Gasteiger partial charge >= 0.3 is 0 Å². The molecule has 1 aliphatic heterocycles. The van der Waals surface area contributed by atoms with Crippen LogP contribution in [0.4, 0.5) is 11.4 Å². The van der Waals surface area contributed by atoms with Crippen molar-refractivity contribution in [2.45, 2.75) is 19.9 Å². The second-order valence-electron chi connectivity index (χ2n) is 7.34. The summed E-state index contributed by atoms with van der Waals surface area (Å²) in [5.74, 6) is 0. The standard InChI is InChI=1S/C24H22Cl3N3.C2H6/c1-16(20-4-2-3-5-22(20)28)29-12-13-30(23-11-10-19(26)14-21(23)27)24(15-29)17-6-8-18(25)9-7-17;1-2/h2-11,14,24H,1,12-13,15,28H2;1-2H3. The molecule has 3 aromatic rings. The highest BCUT2D eigenvalue weighted by molar-refractivity contribution is 6.36. The molecule has 1 saturated heterocycles. The number of benzene rings is 3. The second-order valence-corrected chi connectivity index (χ2v) is 8.62. The molecule has 0 saturated carbocycles. The Bertz CT molecular complexity index is 1070. The van der Waals surface area contributed by atoms with Gasteiger partial charge in [-0.3, -0.25) is 0 Å². The predicted octanol–water partition coefficient (Wildman–Crippen LogP) is 7.79. The zero-order valence-electron chi connectivity index (χ0n) is 18.4. The van der Waals surface area contributed by atoms with E-state index in [0.717, 1.165) is 47.8 Å². The Morgan fingerprint density at radius 2 is 1.56 bits per heavy atom. The van der Waals surface area contributed by atoms with Crippen molar-refractivity contribution in [1.29, 1.82) is 0 Å². The number of para-hydroxylation sites is 1. The Morgan fingerprint density at radius 1 is 0.906 bits per heavy atom. The molecular formula is C26H28Cl3N3. The average Bonchev–Trinajstić information content (AvgIpc) is 2.81. The Hall–Kier alpha value is -2.33. The van der Waals surface area contributed by atoms with Crippen LogP contribution in [0.1, 0.15) is 31.0 Å². The third-order valence-electron chi connectivity index (χ3n) is 5.51. The SMILES string of the molecule is C=C(c1ccccc1N)N1CCN(c2ccc(Cl)cc2Cl)C(c2ccc(Cl)cc2)C1.CC. The molecule has 168 valence electrons. The van der Waals surface area contributed by atoms with Crippen molar-refractivity contribution in [1.82, 2.24) is 4.90 Å². The van der Waals surface area contributed by atoms with Crippen LogP contribution in [-0.2, 0) is 0 Å². The number of piperazine rings is 1. The van der Waals surface area contributed by atoms with Gasteiger partial charge in [0.15, 0.2) is 0 Å². The summed E-state index contributed by atoms with van der Waals surface area (Å²) < 4.78 is 0. The van der Waals surface area contributed by atoms with E-state index in [1.54, 1.807) is 6.07 Å². The van der Waals surface area contributed by atoms with E-state index in [0.29, 0.717) is 15.1 Å². The molecule has 6 heteroatoms. The fourth-order valence-corrected chi connectivity index (χ4v) is 4.57. The molecule has 0 bridgehead atoms. The van der Waals surface area contributed by atoms with Gasteiger partial charge < -0.3 is 15.5 Å². The number of hydrogen-bond acceptors (Lipinski definition) is 3. The van der Waals surface area contributed by atoms with Crippen LogP contribution in [0, 0.1) is 0 Å². The molecule has 1 heterocycles. The van der Waals surface area contributed by atoms with Crippen molar-refractivity contribution in [3.05, 3.63) is 99.5 Å². The Balaban J connectivity index is 0.00000141. The summed E-state index contributed by atoms with van der Waals surface area (Å²) in [6.07, 6.45) is 0. The van der Waals surface area contributed by atoms with Crippen molar-refractivity contribution in [2.75, 3.05) is 30.3 Å². The third-order valence-corrected chi connectivity index (χ3v) is 6.30. The molecule has 3 aromatic carbocycles. The molecule has 0 aromatic heterocycles. The van der Waals surface area contributed by atoms with Crippen molar-refractivity contribution < 1.29 is 0 Å². The maximum Gasteiger partial charge on any atom is 0.0718 e. The lowest BCUT2D eigenvalue weighted by molar-refractivity contribution is 0.316. The summed E-state index contributed by atoms with van der Waals surface area (Å²) >= 11 is 18.8. The van der Waals surface area contributed by atoms with Crippen LogP contribution in [0.5, 0.6) is 0 Å². The molecule has 0 aliphatic carbocycles. The predicted molar refractivity (Wildman–Crippen MR) is 141 cm³/mol. The van der Waals surface area contributed by atoms with Gasteiger partial charge in [0.1, 0.15) is 0 Å². The number of halogens is 3. The van der Waals surface area contributed by atoms with E-state index in [-0.39, 0.29) is 6.04 Å². The fourth-order valence-electron chi connectivity index (χ4n) is 3.93. The third kappa shape index (κ3) is 5.35. The van der Waals surface area contributed by atoms with Gasteiger partial charge in [0.25, 0.3) is 0 Å². The first-order valence-corrected chi connectivity index (χ1v) is 11.8. The molecule has 32 heavy (non-hydrogen) atoms. The first kappa shape index (κ1) is 24.3. The van der Waals surface area contributed by atoms with Gasteiger partial charge in [0, 0.05) is 46.6 Å². The van der Waals surface area contributed by atoms with Gasteiger partial charge in [0.2, 0.25) is 0 Å². The monoisotopic (exact) mass is 487 g/mol. The Kier molecular flexibility index (Phi) is 8.36. The van der Waals surface area contributed by atoms with Gasteiger partial charge in [0.05, 0.1) is 16.8 Å². The summed E-state index contributed by atoms with van der Waals surface area (Å²) in [5.41, 5.74) is 10.9. The number of nitrogen functional groups attached to an aromatic ring is 1. The van der Waals surface area contributed by atoms with Crippen LogP contribution in [-0.4, -0.2) is 24.5 Å². The molecule has 2 N–H and O–H groups in total. The number of nitrogens with two attached hydrogens (primary N) is 1. The number of nitrogens with zero attached hydrogens (tertiary/aromatic N) is 2. The zero-order chi connectivity index (χ0) is 23.3. The highest BCUT2D eigenvalue weighted by atomic mass is 35.5. The van der Waals surface area contributed by atoms with Crippen LogP contribution >= 0.6 is 34.8 Å². The summed E-state index contributed by atoms with van der Waals surface area (Å²) in [6, 6.07) is 21.5. The molecule has 3 nitrogen and oxygen atoms in total. The Labute approximate surface area is 206 Å². The molecule has 1 fully saturated rings. The topological polar surface area (TPSA) is 32.5 Å². The molecule has 1 aliphatic rings. The minimum atomic E-state index is 0.0661. The zero-order valence-corrected chi connectivity index (χ0v) is 20.6. The van der Waals surface area contributed by atoms with E-state index in [1.807, 2.05) is 62.4 Å². The first-order chi connectivity index (χ1) is 15.4. The van der Waals surface area contributed by atoms with Crippen LogP contribution in [0.2, 0.25) is 15.1 Å². The van der Waals surface area contributed by atoms with Crippen molar-refractivity contribution >= 4 is 51.9 Å². The molecule has 4 rings (SSSR count). The van der Waals surface area contributed by atoms with Crippen LogP contribution in [0.15, 0.2) is 73.3 Å². The van der Waals surface area contributed by atoms with E-state index < -0.39 is 0 Å². The summed E-state index contributed by atoms with van der Waals surface area (Å²) in [4.78, 5) is 4.60. The van der Waals surface area contributed by atoms with Gasteiger partial charge in [-0.15, -0.1) is 0 Å². The van der Waals surface area contributed by atoms with Gasteiger partial charge in [-0.1, -0.05) is 85.6 Å². The fraction of sp³-hybridized carbons (Fsp3) is 0.231.